The smallest absolute Gasteiger partial charge is 0.251 e. The Morgan fingerprint density at radius 2 is 1.97 bits per heavy atom. The van der Waals surface area contributed by atoms with Gasteiger partial charge in [0.15, 0.2) is 17.6 Å². The van der Waals surface area contributed by atoms with Gasteiger partial charge in [-0.3, -0.25) is 9.48 Å². The van der Waals surface area contributed by atoms with E-state index in [0.717, 1.165) is 22.4 Å². The third-order valence-corrected chi connectivity index (χ3v) is 5.11. The van der Waals surface area contributed by atoms with Crippen molar-refractivity contribution in [3.63, 3.8) is 0 Å². The van der Waals surface area contributed by atoms with E-state index in [-0.39, 0.29) is 24.4 Å². The Labute approximate surface area is 178 Å². The molecule has 0 saturated carbocycles. The van der Waals surface area contributed by atoms with Crippen molar-refractivity contribution in [1.82, 2.24) is 15.1 Å². The van der Waals surface area contributed by atoms with Gasteiger partial charge in [-0.15, -0.1) is 0 Å². The number of carbonyl (C=O) groups excluding carboxylic acids is 1. The minimum atomic E-state index is -0.323. The molecule has 3 aromatic carbocycles. The first-order valence-corrected chi connectivity index (χ1v) is 10.0. The predicted octanol–water partition coefficient (Wildman–Crippen LogP) is 3.95. The van der Waals surface area contributed by atoms with Gasteiger partial charge in [-0.2, -0.15) is 5.10 Å². The van der Waals surface area contributed by atoms with Crippen LogP contribution in [0.2, 0.25) is 0 Å². The van der Waals surface area contributed by atoms with Crippen LogP contribution >= 0.6 is 0 Å². The topological polar surface area (TPSA) is 65.4 Å². The zero-order valence-corrected chi connectivity index (χ0v) is 16.6. The minimum Gasteiger partial charge on any atom is -0.486 e. The lowest BCUT2D eigenvalue weighted by Gasteiger charge is -2.26. The van der Waals surface area contributed by atoms with E-state index in [1.54, 1.807) is 28.9 Å². The lowest BCUT2D eigenvalue weighted by molar-refractivity contribution is 0.0760. The number of carbonyl (C=O) groups is 1. The van der Waals surface area contributed by atoms with Crippen LogP contribution in [-0.2, 0) is 13.1 Å². The fourth-order valence-corrected chi connectivity index (χ4v) is 3.60. The van der Waals surface area contributed by atoms with Crippen LogP contribution in [0.25, 0.3) is 10.9 Å². The van der Waals surface area contributed by atoms with Crippen LogP contribution in [0.5, 0.6) is 11.5 Å². The quantitative estimate of drug-likeness (QED) is 0.534. The molecule has 1 aliphatic rings. The molecule has 1 N–H and O–H groups in total. The van der Waals surface area contributed by atoms with Crippen molar-refractivity contribution >= 4 is 16.8 Å². The number of fused-ring (bicyclic) bond motifs is 2. The normalized spacial score (nSPS) is 15.1. The molecule has 5 rings (SSSR count). The first-order chi connectivity index (χ1) is 15.1. The summed E-state index contributed by atoms with van der Waals surface area (Å²) >= 11 is 0. The van der Waals surface area contributed by atoms with Gasteiger partial charge >= 0.3 is 0 Å². The third-order valence-electron chi connectivity index (χ3n) is 5.11. The number of rotatable bonds is 5. The molecule has 4 aromatic rings. The number of amides is 1. The second-order valence-corrected chi connectivity index (χ2v) is 7.43. The Kier molecular flexibility index (Phi) is 5.00. The molecule has 1 aliphatic heterocycles. The summed E-state index contributed by atoms with van der Waals surface area (Å²) in [6.07, 6.45) is 1.74. The van der Waals surface area contributed by atoms with Crippen molar-refractivity contribution in [3.05, 3.63) is 89.9 Å². The maximum atomic E-state index is 13.3. The summed E-state index contributed by atoms with van der Waals surface area (Å²) in [6.45, 7) is 1.24. The molecular weight excluding hydrogens is 397 g/mol. The van der Waals surface area contributed by atoms with Crippen molar-refractivity contribution in [2.75, 3.05) is 6.61 Å². The summed E-state index contributed by atoms with van der Waals surface area (Å²) in [7, 11) is 0. The number of hydrogen-bond donors (Lipinski definition) is 1. The van der Waals surface area contributed by atoms with Gasteiger partial charge in [-0.05, 0) is 48.0 Å². The largest absolute Gasteiger partial charge is 0.486 e. The van der Waals surface area contributed by atoms with Crippen molar-refractivity contribution < 1.29 is 18.7 Å². The second kappa shape index (κ2) is 8.10. The fourth-order valence-electron chi connectivity index (χ4n) is 3.60. The number of ether oxygens (including phenoxy) is 2. The molecule has 0 bridgehead atoms. The van der Waals surface area contributed by atoms with Gasteiger partial charge in [-0.25, -0.2) is 4.39 Å². The highest BCUT2D eigenvalue weighted by Crippen LogP contribution is 2.31. The van der Waals surface area contributed by atoms with Crippen molar-refractivity contribution in [2.45, 2.75) is 19.2 Å². The maximum Gasteiger partial charge on any atom is 0.251 e. The monoisotopic (exact) mass is 417 g/mol. The molecule has 0 radical (unpaired) electrons. The van der Waals surface area contributed by atoms with Crippen LogP contribution < -0.4 is 14.8 Å². The molecule has 1 unspecified atom stereocenters. The zero-order chi connectivity index (χ0) is 21.2. The summed E-state index contributed by atoms with van der Waals surface area (Å²) in [6, 6.07) is 19.1. The van der Waals surface area contributed by atoms with E-state index in [9.17, 15) is 9.18 Å². The summed E-state index contributed by atoms with van der Waals surface area (Å²) in [5.41, 5.74) is 2.02. The first kappa shape index (κ1) is 19.1. The van der Waals surface area contributed by atoms with Gasteiger partial charge in [0.2, 0.25) is 0 Å². The lowest BCUT2D eigenvalue weighted by Crippen LogP contribution is -2.33. The Hall–Kier alpha value is -3.87. The highest BCUT2D eigenvalue weighted by Gasteiger charge is 2.21. The summed E-state index contributed by atoms with van der Waals surface area (Å²) in [5.74, 6) is 0.932. The van der Waals surface area contributed by atoms with E-state index in [2.05, 4.69) is 10.4 Å². The lowest BCUT2D eigenvalue weighted by atomic mass is 10.1. The first-order valence-electron chi connectivity index (χ1n) is 10.0. The Balaban J connectivity index is 1.26. The molecule has 6 nitrogen and oxygen atoms in total. The van der Waals surface area contributed by atoms with Gasteiger partial charge < -0.3 is 14.8 Å². The van der Waals surface area contributed by atoms with E-state index in [4.69, 9.17) is 9.47 Å². The predicted molar refractivity (Wildman–Crippen MR) is 114 cm³/mol. The fraction of sp³-hybridized carbons (Fsp3) is 0.167. The van der Waals surface area contributed by atoms with Crippen LogP contribution in [0.1, 0.15) is 15.9 Å². The van der Waals surface area contributed by atoms with Crippen LogP contribution in [0, 0.1) is 5.82 Å². The molecule has 0 aliphatic carbocycles. The number of halogens is 1. The molecule has 0 saturated heterocycles. The average Bonchev–Trinajstić information content (AvgIpc) is 3.19. The molecule has 1 aromatic heterocycles. The van der Waals surface area contributed by atoms with E-state index in [1.807, 2.05) is 36.5 Å². The molecule has 0 fully saturated rings. The van der Waals surface area contributed by atoms with E-state index < -0.39 is 0 Å². The molecule has 1 atom stereocenters. The second-order valence-electron chi connectivity index (χ2n) is 7.43. The van der Waals surface area contributed by atoms with E-state index in [0.29, 0.717) is 24.3 Å². The SMILES string of the molecule is O=C(NCc1cccc(F)c1)c1ccc2nn(CC3COc4ccccc4O3)cc2c1. The number of aromatic nitrogens is 2. The van der Waals surface area contributed by atoms with Crippen molar-refractivity contribution in [3.8, 4) is 11.5 Å². The zero-order valence-electron chi connectivity index (χ0n) is 16.6. The molecule has 31 heavy (non-hydrogen) atoms. The van der Waals surface area contributed by atoms with E-state index >= 15 is 0 Å². The molecule has 156 valence electrons. The van der Waals surface area contributed by atoms with Crippen LogP contribution in [0.15, 0.2) is 72.9 Å². The van der Waals surface area contributed by atoms with Crippen LogP contribution in [0.3, 0.4) is 0 Å². The Morgan fingerprint density at radius 1 is 1.10 bits per heavy atom. The standard InChI is InChI=1S/C24H20FN3O3/c25-19-5-3-4-16(10-19)12-26-24(29)17-8-9-21-18(11-17)13-28(27-21)14-20-15-30-22-6-1-2-7-23(22)31-20/h1-11,13,20H,12,14-15H2,(H,26,29). The third kappa shape index (κ3) is 4.21. The summed E-state index contributed by atoms with van der Waals surface area (Å²) in [5, 5.41) is 8.25. The van der Waals surface area contributed by atoms with Crippen molar-refractivity contribution in [1.29, 1.82) is 0 Å². The summed E-state index contributed by atoms with van der Waals surface area (Å²) < 4.78 is 26.9. The number of nitrogens with one attached hydrogen (secondary N) is 1. The van der Waals surface area contributed by atoms with Crippen molar-refractivity contribution in [2.24, 2.45) is 0 Å². The van der Waals surface area contributed by atoms with Gasteiger partial charge in [-0.1, -0.05) is 24.3 Å². The number of nitrogens with zero attached hydrogens (tertiary/aromatic N) is 2. The van der Waals surface area contributed by atoms with Crippen LogP contribution in [0.4, 0.5) is 4.39 Å². The summed E-state index contributed by atoms with van der Waals surface area (Å²) in [4.78, 5) is 12.5. The maximum absolute atomic E-state index is 13.3. The Morgan fingerprint density at radius 3 is 2.84 bits per heavy atom. The van der Waals surface area contributed by atoms with Gasteiger partial charge in [0.05, 0.1) is 12.1 Å². The molecular formula is C24H20FN3O3. The van der Waals surface area contributed by atoms with Gasteiger partial charge in [0.1, 0.15) is 12.4 Å². The molecule has 1 amide bonds. The number of para-hydroxylation sites is 2. The average molecular weight is 417 g/mol. The van der Waals surface area contributed by atoms with E-state index in [1.165, 1.54) is 12.1 Å². The molecule has 0 spiro atoms. The van der Waals surface area contributed by atoms with Gasteiger partial charge in [0, 0.05) is 23.7 Å². The number of hydrogen-bond acceptors (Lipinski definition) is 4. The molecule has 2 heterocycles. The molecule has 7 heteroatoms. The number of benzene rings is 3. The van der Waals surface area contributed by atoms with Crippen LogP contribution in [-0.4, -0.2) is 28.4 Å². The minimum absolute atomic E-state index is 0.154. The highest BCUT2D eigenvalue weighted by molar-refractivity contribution is 5.97. The van der Waals surface area contributed by atoms with Gasteiger partial charge in [0.25, 0.3) is 5.91 Å². The Bertz CT molecular complexity index is 1250. The highest BCUT2D eigenvalue weighted by atomic mass is 19.1.